The van der Waals surface area contributed by atoms with E-state index < -0.39 is 0 Å². The molecule has 0 amide bonds. The Hall–Kier alpha value is -1.73. The van der Waals surface area contributed by atoms with Crippen molar-refractivity contribution in [3.8, 4) is 0 Å². The number of aryl methyl sites for hydroxylation is 1. The minimum absolute atomic E-state index is 0.134. The van der Waals surface area contributed by atoms with Crippen molar-refractivity contribution in [3.63, 3.8) is 0 Å². The molecule has 0 fully saturated rings. The van der Waals surface area contributed by atoms with E-state index in [0.29, 0.717) is 0 Å². The molecule has 148 valence electrons. The fraction of sp³-hybridized carbons (Fsp3) is 0.526. The van der Waals surface area contributed by atoms with E-state index in [9.17, 15) is 0 Å². The molecule has 0 saturated carbocycles. The first kappa shape index (κ1) is 21.6. The van der Waals surface area contributed by atoms with E-state index in [2.05, 4.69) is 45.5 Å². The summed E-state index contributed by atoms with van der Waals surface area (Å²) < 4.78 is 2.07. The van der Waals surface area contributed by atoms with Crippen molar-refractivity contribution in [2.75, 3.05) is 25.1 Å². The van der Waals surface area contributed by atoms with Gasteiger partial charge in [-0.3, -0.25) is 4.99 Å². The van der Waals surface area contributed by atoms with Gasteiger partial charge in [0.05, 0.1) is 6.04 Å². The summed E-state index contributed by atoms with van der Waals surface area (Å²) >= 11 is 7.84. The maximum Gasteiger partial charge on any atom is 0.191 e. The van der Waals surface area contributed by atoms with E-state index in [1.165, 1.54) is 5.56 Å². The Morgan fingerprint density at radius 1 is 1.33 bits per heavy atom. The Kier molecular flexibility index (Phi) is 9.48. The molecule has 1 aromatic heterocycles. The number of aromatic nitrogens is 3. The Morgan fingerprint density at radius 3 is 2.81 bits per heavy atom. The van der Waals surface area contributed by atoms with Gasteiger partial charge in [-0.15, -0.1) is 10.2 Å². The van der Waals surface area contributed by atoms with Gasteiger partial charge >= 0.3 is 0 Å². The maximum atomic E-state index is 5.99. The van der Waals surface area contributed by atoms with Crippen molar-refractivity contribution >= 4 is 29.3 Å². The van der Waals surface area contributed by atoms with Crippen molar-refractivity contribution < 1.29 is 0 Å². The molecule has 0 spiro atoms. The number of rotatable bonds is 10. The zero-order chi connectivity index (χ0) is 19.5. The zero-order valence-electron chi connectivity index (χ0n) is 16.3. The normalized spacial score (nSPS) is 12.8. The van der Waals surface area contributed by atoms with Crippen molar-refractivity contribution in [2.45, 2.75) is 39.3 Å². The maximum absolute atomic E-state index is 5.99. The molecular weight excluding hydrogens is 380 g/mol. The van der Waals surface area contributed by atoms with Crippen LogP contribution in [-0.2, 0) is 13.0 Å². The molecule has 27 heavy (non-hydrogen) atoms. The number of nitrogens with one attached hydrogen (secondary N) is 2. The molecule has 2 N–H and O–H groups in total. The third-order valence-corrected chi connectivity index (χ3v) is 5.11. The quantitative estimate of drug-likeness (QED) is 0.357. The van der Waals surface area contributed by atoms with Crippen LogP contribution in [0.5, 0.6) is 0 Å². The van der Waals surface area contributed by atoms with Crippen LogP contribution in [0, 0.1) is 0 Å². The monoisotopic (exact) mass is 408 g/mol. The van der Waals surface area contributed by atoms with Crippen molar-refractivity contribution in [3.05, 3.63) is 47.0 Å². The van der Waals surface area contributed by atoms with Crippen LogP contribution >= 0.6 is 23.4 Å². The second kappa shape index (κ2) is 11.9. The summed E-state index contributed by atoms with van der Waals surface area (Å²) in [7, 11) is 0. The smallest absolute Gasteiger partial charge is 0.191 e. The highest BCUT2D eigenvalue weighted by Gasteiger charge is 2.08. The van der Waals surface area contributed by atoms with Crippen LogP contribution in [0.15, 0.2) is 35.6 Å². The number of hydrogen-bond acceptors (Lipinski definition) is 4. The molecule has 0 aliphatic heterocycles. The molecule has 8 heteroatoms. The van der Waals surface area contributed by atoms with Gasteiger partial charge in [0.15, 0.2) is 5.96 Å². The Balaban J connectivity index is 1.94. The number of aliphatic imine (C=N–C) groups is 1. The van der Waals surface area contributed by atoms with Gasteiger partial charge in [0.1, 0.15) is 12.2 Å². The van der Waals surface area contributed by atoms with Gasteiger partial charge in [-0.05, 0) is 43.0 Å². The van der Waals surface area contributed by atoms with Crippen molar-refractivity contribution in [1.29, 1.82) is 0 Å². The molecule has 0 bridgehead atoms. The van der Waals surface area contributed by atoms with Crippen molar-refractivity contribution in [2.24, 2.45) is 4.99 Å². The van der Waals surface area contributed by atoms with Crippen LogP contribution in [0.1, 0.15) is 37.7 Å². The number of nitrogens with zero attached hydrogens (tertiary/aromatic N) is 4. The lowest BCUT2D eigenvalue weighted by Crippen LogP contribution is -2.40. The molecule has 6 nitrogen and oxygen atoms in total. The summed E-state index contributed by atoms with van der Waals surface area (Å²) in [5.74, 6) is 2.94. The summed E-state index contributed by atoms with van der Waals surface area (Å²) in [5.41, 5.74) is 1.17. The molecule has 0 saturated heterocycles. The highest BCUT2D eigenvalue weighted by Crippen LogP contribution is 2.15. The van der Waals surface area contributed by atoms with Gasteiger partial charge in [0, 0.05) is 31.1 Å². The Labute approximate surface area is 171 Å². The van der Waals surface area contributed by atoms with Crippen LogP contribution in [0.4, 0.5) is 0 Å². The summed E-state index contributed by atoms with van der Waals surface area (Å²) in [6.45, 7) is 6.57. The molecule has 1 heterocycles. The minimum atomic E-state index is 0.134. The number of thioether (sulfide) groups is 1. The minimum Gasteiger partial charge on any atom is -0.355 e. The Bertz CT molecular complexity index is 700. The standard InChI is InChI=1S/C19H29ClN6S/c1-4-18-25-23-14-26(18)12-11-22-19(21-10-5-13-27-3)24-15(2)16-6-8-17(20)9-7-16/h6-9,14-15H,4-5,10-13H2,1-3H3,(H2,21,22,24). The molecule has 1 aromatic carbocycles. The van der Waals surface area contributed by atoms with Gasteiger partial charge in [0.25, 0.3) is 0 Å². The van der Waals surface area contributed by atoms with Crippen LogP contribution in [0.25, 0.3) is 0 Å². The predicted octanol–water partition coefficient (Wildman–Crippen LogP) is 3.54. The topological polar surface area (TPSA) is 67.1 Å². The van der Waals surface area contributed by atoms with Gasteiger partial charge < -0.3 is 15.2 Å². The second-order valence-corrected chi connectivity index (χ2v) is 7.64. The molecule has 2 aromatic rings. The van der Waals surface area contributed by atoms with E-state index in [1.807, 2.05) is 36.0 Å². The van der Waals surface area contributed by atoms with E-state index in [-0.39, 0.29) is 6.04 Å². The lowest BCUT2D eigenvalue weighted by Gasteiger charge is -2.19. The number of benzene rings is 1. The molecular formula is C19H29ClN6S. The SMILES string of the molecule is CCc1nncn1CCNC(=NCCCSC)NC(C)c1ccc(Cl)cc1. The molecule has 2 rings (SSSR count). The summed E-state index contributed by atoms with van der Waals surface area (Å²) in [6.07, 6.45) is 5.84. The second-order valence-electron chi connectivity index (χ2n) is 6.22. The average Bonchev–Trinajstić information content (AvgIpc) is 3.13. The highest BCUT2D eigenvalue weighted by atomic mass is 35.5. The zero-order valence-corrected chi connectivity index (χ0v) is 17.9. The van der Waals surface area contributed by atoms with E-state index in [1.54, 1.807) is 6.33 Å². The first-order chi connectivity index (χ1) is 13.1. The summed E-state index contributed by atoms with van der Waals surface area (Å²) in [6, 6.07) is 8.04. The van der Waals surface area contributed by atoms with Crippen LogP contribution in [0.2, 0.25) is 5.02 Å². The first-order valence-electron chi connectivity index (χ1n) is 9.30. The first-order valence-corrected chi connectivity index (χ1v) is 11.1. The summed E-state index contributed by atoms with van der Waals surface area (Å²) in [5, 5.41) is 15.8. The lowest BCUT2D eigenvalue weighted by molar-refractivity contribution is 0.619. The average molecular weight is 409 g/mol. The van der Waals surface area contributed by atoms with Crippen LogP contribution in [0.3, 0.4) is 0 Å². The Morgan fingerprint density at radius 2 is 2.11 bits per heavy atom. The van der Waals surface area contributed by atoms with E-state index >= 15 is 0 Å². The molecule has 1 unspecified atom stereocenters. The van der Waals surface area contributed by atoms with Crippen molar-refractivity contribution in [1.82, 2.24) is 25.4 Å². The fourth-order valence-electron chi connectivity index (χ4n) is 2.63. The lowest BCUT2D eigenvalue weighted by atomic mass is 10.1. The molecule has 0 radical (unpaired) electrons. The van der Waals surface area contributed by atoms with Crippen LogP contribution < -0.4 is 10.6 Å². The molecule has 0 aliphatic rings. The fourth-order valence-corrected chi connectivity index (χ4v) is 3.17. The van der Waals surface area contributed by atoms with E-state index in [0.717, 1.165) is 55.0 Å². The summed E-state index contributed by atoms with van der Waals surface area (Å²) in [4.78, 5) is 4.72. The van der Waals surface area contributed by atoms with Gasteiger partial charge in [0.2, 0.25) is 0 Å². The van der Waals surface area contributed by atoms with Gasteiger partial charge in [-0.1, -0.05) is 30.7 Å². The third-order valence-electron chi connectivity index (χ3n) is 4.16. The number of halogens is 1. The van der Waals surface area contributed by atoms with Crippen LogP contribution in [-0.4, -0.2) is 45.8 Å². The molecule has 0 aliphatic carbocycles. The van der Waals surface area contributed by atoms with Gasteiger partial charge in [-0.2, -0.15) is 11.8 Å². The van der Waals surface area contributed by atoms with E-state index in [4.69, 9.17) is 16.6 Å². The molecule has 1 atom stereocenters. The third kappa shape index (κ3) is 7.42. The number of guanidine groups is 1. The predicted molar refractivity (Wildman–Crippen MR) is 116 cm³/mol. The van der Waals surface area contributed by atoms with Gasteiger partial charge in [-0.25, -0.2) is 0 Å². The largest absolute Gasteiger partial charge is 0.355 e. The number of hydrogen-bond donors (Lipinski definition) is 2. The highest BCUT2D eigenvalue weighted by molar-refractivity contribution is 7.98.